The van der Waals surface area contributed by atoms with Crippen LogP contribution in [0.2, 0.25) is 0 Å². The fourth-order valence-corrected chi connectivity index (χ4v) is 1.60. The number of ether oxygens (including phenoxy) is 2. The average molecular weight is 286 g/mol. The predicted octanol–water partition coefficient (Wildman–Crippen LogP) is 2.24. The number of pyridine rings is 1. The van der Waals surface area contributed by atoms with E-state index < -0.39 is 4.92 Å². The van der Waals surface area contributed by atoms with E-state index in [1.807, 2.05) is 6.07 Å². The first-order chi connectivity index (χ1) is 10.0. The molecule has 1 heterocycles. The topological polar surface area (TPSA) is 124 Å². The highest BCUT2D eigenvalue weighted by atomic mass is 16.6. The lowest BCUT2D eigenvalue weighted by atomic mass is 10.2. The lowest BCUT2D eigenvalue weighted by Gasteiger charge is -2.10. The highest BCUT2D eigenvalue weighted by molar-refractivity contribution is 5.50. The van der Waals surface area contributed by atoms with Crippen LogP contribution >= 0.6 is 0 Å². The number of nitrogens with zero attached hydrogens (tertiary/aromatic N) is 3. The van der Waals surface area contributed by atoms with Crippen LogP contribution in [0.15, 0.2) is 30.3 Å². The molecule has 106 valence electrons. The summed E-state index contributed by atoms with van der Waals surface area (Å²) < 4.78 is 10.5. The number of anilines is 1. The van der Waals surface area contributed by atoms with Crippen LogP contribution in [0.5, 0.6) is 17.4 Å². The van der Waals surface area contributed by atoms with Gasteiger partial charge >= 0.3 is 0 Å². The maximum atomic E-state index is 10.8. The lowest BCUT2D eigenvalue weighted by Crippen LogP contribution is -1.98. The second-order valence-corrected chi connectivity index (χ2v) is 3.93. The molecule has 2 rings (SSSR count). The number of rotatable bonds is 4. The summed E-state index contributed by atoms with van der Waals surface area (Å²) in [7, 11) is 1.42. The quantitative estimate of drug-likeness (QED) is 0.674. The maximum Gasteiger partial charge on any atom is 0.278 e. The van der Waals surface area contributed by atoms with Gasteiger partial charge in [0.05, 0.1) is 35.8 Å². The fraction of sp³-hybridized carbons (Fsp3) is 0.0769. The highest BCUT2D eigenvalue weighted by Crippen LogP contribution is 2.33. The van der Waals surface area contributed by atoms with E-state index >= 15 is 0 Å². The molecule has 8 nitrogen and oxygen atoms in total. The molecule has 0 unspecified atom stereocenters. The highest BCUT2D eigenvalue weighted by Gasteiger charge is 2.13. The predicted molar refractivity (Wildman–Crippen MR) is 73.1 cm³/mol. The van der Waals surface area contributed by atoms with Gasteiger partial charge in [-0.1, -0.05) is 0 Å². The maximum absolute atomic E-state index is 10.8. The minimum atomic E-state index is -0.596. The first-order valence-electron chi connectivity index (χ1n) is 5.71. The van der Waals surface area contributed by atoms with E-state index in [2.05, 4.69) is 4.98 Å². The molecule has 0 bridgehead atoms. The standard InChI is InChI=1S/C13H10N4O4/c1-20-11-4-8(7-14)2-3-10(11)21-13-6-9(17(18)19)5-12(15)16-13/h2-6H,1H3,(H2,15,16). The van der Waals surface area contributed by atoms with Crippen LogP contribution < -0.4 is 15.2 Å². The fourth-order valence-electron chi connectivity index (χ4n) is 1.60. The summed E-state index contributed by atoms with van der Waals surface area (Å²) in [6.45, 7) is 0. The Morgan fingerprint density at radius 3 is 2.71 bits per heavy atom. The van der Waals surface area contributed by atoms with Gasteiger partial charge in [0.15, 0.2) is 11.5 Å². The minimum absolute atomic E-state index is 0.0354. The molecule has 8 heteroatoms. The Morgan fingerprint density at radius 1 is 1.33 bits per heavy atom. The summed E-state index contributed by atoms with van der Waals surface area (Å²) in [5, 5.41) is 19.6. The van der Waals surface area contributed by atoms with Crippen molar-refractivity contribution < 1.29 is 14.4 Å². The van der Waals surface area contributed by atoms with E-state index in [4.69, 9.17) is 20.5 Å². The van der Waals surface area contributed by atoms with Crippen LogP contribution in [0.25, 0.3) is 0 Å². The van der Waals surface area contributed by atoms with Crippen molar-refractivity contribution in [1.82, 2.24) is 4.98 Å². The van der Waals surface area contributed by atoms with Crippen molar-refractivity contribution in [2.75, 3.05) is 12.8 Å². The Bertz CT molecular complexity index is 739. The molecule has 1 aromatic heterocycles. The van der Waals surface area contributed by atoms with Gasteiger partial charge in [-0.05, 0) is 12.1 Å². The van der Waals surface area contributed by atoms with E-state index in [1.54, 1.807) is 0 Å². The number of benzene rings is 1. The van der Waals surface area contributed by atoms with Crippen molar-refractivity contribution in [2.24, 2.45) is 0 Å². The second-order valence-electron chi connectivity index (χ2n) is 3.93. The zero-order chi connectivity index (χ0) is 15.4. The Balaban J connectivity index is 2.38. The van der Waals surface area contributed by atoms with Crippen molar-refractivity contribution >= 4 is 11.5 Å². The number of nitriles is 1. The van der Waals surface area contributed by atoms with Gasteiger partial charge in [0.1, 0.15) is 5.82 Å². The Labute approximate surface area is 119 Å². The monoisotopic (exact) mass is 286 g/mol. The molecule has 2 N–H and O–H groups in total. The van der Waals surface area contributed by atoms with Crippen molar-refractivity contribution in [1.29, 1.82) is 5.26 Å². The van der Waals surface area contributed by atoms with Gasteiger partial charge in [0.2, 0.25) is 5.88 Å². The van der Waals surface area contributed by atoms with Crippen LogP contribution in [0, 0.1) is 21.4 Å². The molecular formula is C13H10N4O4. The second kappa shape index (κ2) is 5.75. The Hall–Kier alpha value is -3.34. The third kappa shape index (κ3) is 3.16. The van der Waals surface area contributed by atoms with Gasteiger partial charge in [0.25, 0.3) is 5.69 Å². The Morgan fingerprint density at radius 2 is 2.10 bits per heavy atom. The van der Waals surface area contributed by atoms with E-state index in [0.717, 1.165) is 12.1 Å². The van der Waals surface area contributed by atoms with Crippen molar-refractivity contribution in [3.63, 3.8) is 0 Å². The van der Waals surface area contributed by atoms with Gasteiger partial charge in [0, 0.05) is 6.07 Å². The van der Waals surface area contributed by atoms with Crippen LogP contribution in [0.1, 0.15) is 5.56 Å². The number of nitrogens with two attached hydrogens (primary N) is 1. The summed E-state index contributed by atoms with van der Waals surface area (Å²) in [5.41, 5.74) is 5.66. The number of aromatic nitrogens is 1. The SMILES string of the molecule is COc1cc(C#N)ccc1Oc1cc([N+](=O)[O-])cc(N)n1. The van der Waals surface area contributed by atoms with Crippen LogP contribution in [-0.4, -0.2) is 17.0 Å². The zero-order valence-corrected chi connectivity index (χ0v) is 10.9. The molecule has 0 radical (unpaired) electrons. The summed E-state index contributed by atoms with van der Waals surface area (Å²) >= 11 is 0. The van der Waals surface area contributed by atoms with Crippen molar-refractivity contribution in [3.05, 3.63) is 46.0 Å². The largest absolute Gasteiger partial charge is 0.493 e. The lowest BCUT2D eigenvalue weighted by molar-refractivity contribution is -0.384. The first kappa shape index (κ1) is 14.1. The molecule has 0 amide bonds. The molecule has 0 aliphatic rings. The number of nitrogen functional groups attached to an aromatic ring is 1. The zero-order valence-electron chi connectivity index (χ0n) is 10.9. The Kier molecular flexibility index (Phi) is 3.85. The number of nitro groups is 1. The molecule has 0 aliphatic carbocycles. The first-order valence-corrected chi connectivity index (χ1v) is 5.71. The average Bonchev–Trinajstić information content (AvgIpc) is 2.47. The molecule has 0 atom stereocenters. The molecule has 0 saturated heterocycles. The summed E-state index contributed by atoms with van der Waals surface area (Å²) in [5.74, 6) is 0.501. The van der Waals surface area contributed by atoms with Crippen molar-refractivity contribution in [3.8, 4) is 23.4 Å². The van der Waals surface area contributed by atoms with Crippen LogP contribution in [-0.2, 0) is 0 Å². The molecule has 0 aliphatic heterocycles. The van der Waals surface area contributed by atoms with Crippen molar-refractivity contribution in [2.45, 2.75) is 0 Å². The van der Waals surface area contributed by atoms with Gasteiger partial charge in [-0.3, -0.25) is 10.1 Å². The smallest absolute Gasteiger partial charge is 0.278 e. The third-order valence-electron chi connectivity index (χ3n) is 2.52. The molecule has 1 aromatic carbocycles. The minimum Gasteiger partial charge on any atom is -0.493 e. The molecule has 2 aromatic rings. The number of hydrogen-bond donors (Lipinski definition) is 1. The van der Waals surface area contributed by atoms with E-state index in [1.165, 1.54) is 25.3 Å². The van der Waals surface area contributed by atoms with E-state index in [0.29, 0.717) is 11.3 Å². The van der Waals surface area contributed by atoms with Crippen LogP contribution in [0.3, 0.4) is 0 Å². The summed E-state index contributed by atoms with van der Waals surface area (Å²) in [6.07, 6.45) is 0. The van der Waals surface area contributed by atoms with Gasteiger partial charge in [-0.2, -0.15) is 10.2 Å². The molecule has 0 fully saturated rings. The van der Waals surface area contributed by atoms with E-state index in [-0.39, 0.29) is 23.1 Å². The number of hydrogen-bond acceptors (Lipinski definition) is 7. The van der Waals surface area contributed by atoms with Gasteiger partial charge in [-0.15, -0.1) is 0 Å². The normalized spacial score (nSPS) is 9.71. The van der Waals surface area contributed by atoms with E-state index in [9.17, 15) is 10.1 Å². The summed E-state index contributed by atoms with van der Waals surface area (Å²) in [4.78, 5) is 14.0. The number of methoxy groups -OCH3 is 1. The van der Waals surface area contributed by atoms with Crippen LogP contribution in [0.4, 0.5) is 11.5 Å². The molecular weight excluding hydrogens is 276 g/mol. The molecule has 0 spiro atoms. The molecule has 0 saturated carbocycles. The van der Waals surface area contributed by atoms with Gasteiger partial charge in [-0.25, -0.2) is 0 Å². The molecule has 21 heavy (non-hydrogen) atoms. The van der Waals surface area contributed by atoms with Gasteiger partial charge < -0.3 is 15.2 Å². The summed E-state index contributed by atoms with van der Waals surface area (Å²) in [6, 6.07) is 8.76. The third-order valence-corrected chi connectivity index (χ3v) is 2.52.